The van der Waals surface area contributed by atoms with Gasteiger partial charge >= 0.3 is 0 Å². The van der Waals surface area contributed by atoms with E-state index in [-0.39, 0.29) is 12.3 Å². The average Bonchev–Trinajstić information content (AvgIpc) is 3.34. The molecule has 1 aromatic carbocycles. The van der Waals surface area contributed by atoms with E-state index in [0.29, 0.717) is 34.6 Å². The lowest BCUT2D eigenvalue weighted by molar-refractivity contribution is 0.201. The zero-order valence-corrected chi connectivity index (χ0v) is 19.9. The molecule has 5 rings (SSSR count). The van der Waals surface area contributed by atoms with E-state index < -0.39 is 5.82 Å². The van der Waals surface area contributed by atoms with E-state index in [2.05, 4.69) is 46.4 Å². The maximum atomic E-state index is 14.8. The van der Waals surface area contributed by atoms with E-state index in [1.165, 1.54) is 25.1 Å². The van der Waals surface area contributed by atoms with Gasteiger partial charge in [0, 0.05) is 41.0 Å². The molecule has 0 radical (unpaired) electrons. The number of nitrogens with zero attached hydrogens (tertiary/aromatic N) is 5. The fraction of sp³-hybridized carbons (Fsp3) is 0.320. The molecule has 1 aliphatic rings. The first-order valence-electron chi connectivity index (χ1n) is 11.4. The monoisotopic (exact) mass is 480 g/mol. The maximum absolute atomic E-state index is 14.8. The molecule has 0 spiro atoms. The lowest BCUT2D eigenvalue weighted by Gasteiger charge is -2.32. The first-order valence-corrected chi connectivity index (χ1v) is 12.0. The van der Waals surface area contributed by atoms with Crippen molar-refractivity contribution in [1.29, 1.82) is 0 Å². The van der Waals surface area contributed by atoms with Crippen molar-refractivity contribution in [2.24, 2.45) is 5.92 Å². The molecule has 9 heteroatoms. The number of pyridine rings is 2. The topological polar surface area (TPSA) is 58.9 Å². The molecular formula is C25H26F2N6S. The van der Waals surface area contributed by atoms with Gasteiger partial charge in [-0.05, 0) is 69.2 Å². The van der Waals surface area contributed by atoms with Crippen molar-refractivity contribution in [3.63, 3.8) is 0 Å². The van der Waals surface area contributed by atoms with Crippen LogP contribution in [-0.2, 0) is 0 Å². The predicted octanol–water partition coefficient (Wildman–Crippen LogP) is 6.20. The van der Waals surface area contributed by atoms with Gasteiger partial charge in [-0.25, -0.2) is 9.37 Å². The zero-order chi connectivity index (χ0) is 23.7. The smallest absolute Gasteiger partial charge is 0.187 e. The van der Waals surface area contributed by atoms with E-state index in [0.717, 1.165) is 33.8 Å². The second-order valence-electron chi connectivity index (χ2n) is 8.92. The summed E-state index contributed by atoms with van der Waals surface area (Å²) in [6.45, 7) is 4.51. The highest BCUT2D eigenvalue weighted by Crippen LogP contribution is 2.32. The predicted molar refractivity (Wildman–Crippen MR) is 133 cm³/mol. The molecule has 4 heterocycles. The molecule has 1 aliphatic heterocycles. The van der Waals surface area contributed by atoms with Gasteiger partial charge in [0.25, 0.3) is 0 Å². The first kappa shape index (κ1) is 22.7. The van der Waals surface area contributed by atoms with Crippen LogP contribution in [0.25, 0.3) is 22.2 Å². The van der Waals surface area contributed by atoms with Crippen LogP contribution < -0.4 is 5.32 Å². The molecule has 1 fully saturated rings. The number of hydrogen-bond donors (Lipinski definition) is 1. The number of aromatic nitrogens is 4. The molecule has 1 unspecified atom stereocenters. The van der Waals surface area contributed by atoms with Crippen LogP contribution in [0.2, 0.25) is 0 Å². The Balaban J connectivity index is 1.35. The average molecular weight is 481 g/mol. The Morgan fingerprint density at radius 2 is 1.94 bits per heavy atom. The van der Waals surface area contributed by atoms with Gasteiger partial charge in [-0.15, -0.1) is 3.89 Å². The number of fused-ring (bicyclic) bond motifs is 1. The quantitative estimate of drug-likeness (QED) is 0.354. The molecule has 6 nitrogen and oxygen atoms in total. The summed E-state index contributed by atoms with van der Waals surface area (Å²) in [6, 6.07) is 12.4. The summed E-state index contributed by atoms with van der Waals surface area (Å²) in [6.07, 6.45) is 5.60. The summed E-state index contributed by atoms with van der Waals surface area (Å²) >= 11 is -0.0117. The Morgan fingerprint density at radius 3 is 2.68 bits per heavy atom. The second kappa shape index (κ2) is 9.68. The number of hydrogen-bond acceptors (Lipinski definition) is 6. The van der Waals surface area contributed by atoms with Crippen LogP contribution in [0, 0.1) is 11.7 Å². The van der Waals surface area contributed by atoms with Crippen LogP contribution in [0.5, 0.6) is 0 Å². The third kappa shape index (κ3) is 4.76. The van der Waals surface area contributed by atoms with Crippen LogP contribution in [0.3, 0.4) is 0 Å². The maximum Gasteiger partial charge on any atom is 0.187 e. The first-order chi connectivity index (χ1) is 16.5. The summed E-state index contributed by atoms with van der Waals surface area (Å²) in [5.41, 5.74) is 3.28. The van der Waals surface area contributed by atoms with Gasteiger partial charge in [-0.2, -0.15) is 9.19 Å². The largest absolute Gasteiger partial charge is 0.338 e. The molecular weight excluding hydrogens is 454 g/mol. The molecule has 0 amide bonds. The number of benzene rings is 1. The molecule has 176 valence electrons. The van der Waals surface area contributed by atoms with Gasteiger partial charge in [0.2, 0.25) is 0 Å². The van der Waals surface area contributed by atoms with Gasteiger partial charge in [-0.3, -0.25) is 4.98 Å². The minimum absolute atomic E-state index is 0.0117. The van der Waals surface area contributed by atoms with Crippen molar-refractivity contribution in [1.82, 2.24) is 24.1 Å². The number of halogens is 2. The standard InChI is InChI=1S/C25H26F2N6S/c1-16(17-7-10-32(2)11-8-17)21-5-4-19-15-28-25(14-24(19)29-21)30-23-6-3-18(13-20(23)26)22-9-12-33(31-22)34-27/h3-6,9,12-17H,7-8,10-11H2,1-2H3,(H,28,30). The van der Waals surface area contributed by atoms with E-state index in [1.54, 1.807) is 24.4 Å². The molecule has 1 atom stereocenters. The van der Waals surface area contributed by atoms with Crippen molar-refractivity contribution in [2.75, 3.05) is 25.5 Å². The van der Waals surface area contributed by atoms with Crippen LogP contribution >= 0.6 is 12.3 Å². The van der Waals surface area contributed by atoms with Gasteiger partial charge in [0.05, 0.1) is 16.9 Å². The zero-order valence-electron chi connectivity index (χ0n) is 19.1. The minimum Gasteiger partial charge on any atom is -0.338 e. The number of nitrogens with one attached hydrogen (secondary N) is 1. The molecule has 1 N–H and O–H groups in total. The molecule has 4 aromatic rings. The van der Waals surface area contributed by atoms with Crippen molar-refractivity contribution in [2.45, 2.75) is 25.7 Å². The molecule has 34 heavy (non-hydrogen) atoms. The van der Waals surface area contributed by atoms with Crippen LogP contribution in [0.1, 0.15) is 31.4 Å². The molecule has 1 saturated heterocycles. The van der Waals surface area contributed by atoms with Crippen molar-refractivity contribution >= 4 is 34.7 Å². The number of likely N-dealkylation sites (tertiary alicyclic amines) is 1. The third-order valence-corrected chi connectivity index (χ3v) is 7.04. The molecule has 0 aliphatic carbocycles. The highest BCUT2D eigenvalue weighted by Gasteiger charge is 2.24. The summed E-state index contributed by atoms with van der Waals surface area (Å²) in [4.78, 5) is 11.7. The van der Waals surface area contributed by atoms with E-state index in [1.807, 2.05) is 6.07 Å². The normalized spacial score (nSPS) is 16.1. The van der Waals surface area contributed by atoms with Gasteiger partial charge in [-0.1, -0.05) is 13.0 Å². The Bertz CT molecular complexity index is 1300. The number of rotatable bonds is 6. The lowest BCUT2D eigenvalue weighted by atomic mass is 9.83. The van der Waals surface area contributed by atoms with E-state index in [9.17, 15) is 8.28 Å². The summed E-state index contributed by atoms with van der Waals surface area (Å²) in [5, 5.41) is 8.04. The fourth-order valence-electron chi connectivity index (χ4n) is 4.54. The van der Waals surface area contributed by atoms with Crippen molar-refractivity contribution in [3.05, 3.63) is 66.4 Å². The number of piperidine rings is 1. The molecule has 0 bridgehead atoms. The molecule has 3 aromatic heterocycles. The van der Waals surface area contributed by atoms with Crippen molar-refractivity contribution < 1.29 is 8.28 Å². The Labute approximate surface area is 201 Å². The summed E-state index contributed by atoms with van der Waals surface area (Å²) in [5.74, 6) is 1.09. The van der Waals surface area contributed by atoms with Crippen LogP contribution in [0.4, 0.5) is 19.8 Å². The lowest BCUT2D eigenvalue weighted by Crippen LogP contribution is -2.32. The fourth-order valence-corrected chi connectivity index (χ4v) is 4.76. The highest BCUT2D eigenvalue weighted by atomic mass is 32.2. The minimum atomic E-state index is -0.445. The Hall–Kier alpha value is -3.04. The second-order valence-corrected chi connectivity index (χ2v) is 9.43. The van der Waals surface area contributed by atoms with Gasteiger partial charge in [0.1, 0.15) is 11.6 Å². The Kier molecular flexibility index (Phi) is 6.47. The Morgan fingerprint density at radius 1 is 1.12 bits per heavy atom. The third-order valence-electron chi connectivity index (χ3n) is 6.70. The van der Waals surface area contributed by atoms with Crippen LogP contribution in [-0.4, -0.2) is 44.2 Å². The van der Waals surface area contributed by atoms with E-state index >= 15 is 0 Å². The summed E-state index contributed by atoms with van der Waals surface area (Å²) < 4.78 is 28.5. The highest BCUT2D eigenvalue weighted by molar-refractivity contribution is 7.92. The SMILES string of the molecule is CC(c1ccc2cnc(Nc3ccc(-c4ccn(SF)n4)cc3F)cc2n1)C1CCN(C)CC1. The summed E-state index contributed by atoms with van der Waals surface area (Å²) in [7, 11) is 2.17. The van der Waals surface area contributed by atoms with Gasteiger partial charge in [0.15, 0.2) is 12.3 Å². The van der Waals surface area contributed by atoms with E-state index in [4.69, 9.17) is 4.98 Å². The molecule has 0 saturated carbocycles. The van der Waals surface area contributed by atoms with Gasteiger partial charge < -0.3 is 10.2 Å². The van der Waals surface area contributed by atoms with Crippen LogP contribution in [0.15, 0.2) is 54.9 Å². The van der Waals surface area contributed by atoms with Crippen molar-refractivity contribution in [3.8, 4) is 11.3 Å². The number of anilines is 2.